The minimum absolute atomic E-state index is 0.0358. The molecule has 0 saturated heterocycles. The molecule has 1 aliphatic rings. The van der Waals surface area contributed by atoms with Crippen LogP contribution in [0.25, 0.3) is 5.69 Å². The van der Waals surface area contributed by atoms with Crippen molar-refractivity contribution in [2.24, 2.45) is 5.41 Å². The Bertz CT molecular complexity index is 647. The first kappa shape index (κ1) is 12.6. The molecule has 5 nitrogen and oxygen atoms in total. The Hall–Kier alpha value is -2.43. The van der Waals surface area contributed by atoms with Gasteiger partial charge in [0.05, 0.1) is 17.3 Å². The van der Waals surface area contributed by atoms with Crippen molar-refractivity contribution in [1.29, 1.82) is 0 Å². The number of carbonyl (C=O) groups excluding carboxylic acids is 1. The van der Waals surface area contributed by atoms with E-state index in [0.717, 1.165) is 18.5 Å². The lowest BCUT2D eigenvalue weighted by molar-refractivity contribution is -0.122. The van der Waals surface area contributed by atoms with Gasteiger partial charge < -0.3 is 5.32 Å². The van der Waals surface area contributed by atoms with Crippen LogP contribution in [0.4, 0.5) is 5.82 Å². The Morgan fingerprint density at radius 2 is 2.15 bits per heavy atom. The van der Waals surface area contributed by atoms with Gasteiger partial charge in [0.2, 0.25) is 5.91 Å². The van der Waals surface area contributed by atoms with Crippen molar-refractivity contribution < 1.29 is 4.79 Å². The van der Waals surface area contributed by atoms with Gasteiger partial charge in [-0.3, -0.25) is 4.79 Å². The number of aromatic nitrogens is 3. The van der Waals surface area contributed by atoms with Crippen LogP contribution in [0.3, 0.4) is 0 Å². The first-order valence-electron chi connectivity index (χ1n) is 6.64. The van der Waals surface area contributed by atoms with Crippen molar-refractivity contribution in [3.8, 4) is 5.69 Å². The summed E-state index contributed by atoms with van der Waals surface area (Å²) < 4.78 is 0. The molecule has 5 heteroatoms. The maximum atomic E-state index is 12.2. The van der Waals surface area contributed by atoms with E-state index in [1.807, 2.05) is 49.4 Å². The summed E-state index contributed by atoms with van der Waals surface area (Å²) in [6.07, 6.45) is 7.35. The Morgan fingerprint density at radius 3 is 2.85 bits per heavy atom. The van der Waals surface area contributed by atoms with Gasteiger partial charge in [0.25, 0.3) is 0 Å². The number of amides is 1. The highest BCUT2D eigenvalue weighted by Crippen LogP contribution is 2.32. The predicted octanol–water partition coefficient (Wildman–Crippen LogP) is 2.56. The van der Waals surface area contributed by atoms with Crippen LogP contribution in [0.1, 0.15) is 19.8 Å². The first-order chi connectivity index (χ1) is 9.67. The number of rotatable bonds is 3. The minimum Gasteiger partial charge on any atom is -0.307 e. The fraction of sp³-hybridized carbons (Fsp3) is 0.267. The number of hydrogen-bond acceptors (Lipinski definition) is 3. The van der Waals surface area contributed by atoms with E-state index in [1.54, 1.807) is 6.20 Å². The third kappa shape index (κ3) is 2.34. The third-order valence-electron chi connectivity index (χ3n) is 3.56. The summed E-state index contributed by atoms with van der Waals surface area (Å²) in [5, 5.41) is 11.3. The molecule has 2 aromatic rings. The lowest BCUT2D eigenvalue weighted by Crippen LogP contribution is -2.30. The quantitative estimate of drug-likeness (QED) is 0.870. The van der Waals surface area contributed by atoms with Crippen molar-refractivity contribution in [2.45, 2.75) is 19.8 Å². The average Bonchev–Trinajstić information content (AvgIpc) is 3.10. The number of benzene rings is 1. The zero-order valence-corrected chi connectivity index (χ0v) is 11.3. The smallest absolute Gasteiger partial charge is 0.235 e. The largest absolute Gasteiger partial charge is 0.307 e. The average molecular weight is 268 g/mol. The van der Waals surface area contributed by atoms with Crippen LogP contribution >= 0.6 is 0 Å². The number of allylic oxidation sites excluding steroid dienone is 1. The van der Waals surface area contributed by atoms with Crippen LogP contribution in [0, 0.1) is 5.41 Å². The topological polar surface area (TPSA) is 59.8 Å². The number of carbonyl (C=O) groups is 1. The lowest BCUT2D eigenvalue weighted by atomic mass is 9.89. The molecule has 0 aliphatic heterocycles. The molecule has 1 atom stereocenters. The predicted molar refractivity (Wildman–Crippen MR) is 76.5 cm³/mol. The van der Waals surface area contributed by atoms with E-state index in [9.17, 15) is 4.79 Å². The van der Waals surface area contributed by atoms with Gasteiger partial charge in [0.15, 0.2) is 5.82 Å². The molecule has 0 bridgehead atoms. The number of nitrogens with zero attached hydrogens (tertiary/aromatic N) is 3. The second-order valence-electron chi connectivity index (χ2n) is 5.17. The van der Waals surface area contributed by atoms with Crippen molar-refractivity contribution in [3.05, 3.63) is 48.7 Å². The van der Waals surface area contributed by atoms with E-state index in [0.29, 0.717) is 5.82 Å². The molecule has 1 aliphatic carbocycles. The summed E-state index contributed by atoms with van der Waals surface area (Å²) in [5.74, 6) is 0.437. The van der Waals surface area contributed by atoms with Gasteiger partial charge in [-0.05, 0) is 31.9 Å². The fourth-order valence-corrected chi connectivity index (χ4v) is 2.26. The molecule has 102 valence electrons. The molecule has 0 fully saturated rings. The van der Waals surface area contributed by atoms with Crippen LogP contribution < -0.4 is 5.32 Å². The Balaban J connectivity index is 1.75. The molecule has 0 radical (unpaired) electrons. The SMILES string of the molecule is CC1(C(=O)Nc2cnn(-c3ccccc3)n2)C=CCC1. The summed E-state index contributed by atoms with van der Waals surface area (Å²) >= 11 is 0. The van der Waals surface area contributed by atoms with Crippen LogP contribution in [0.15, 0.2) is 48.7 Å². The Morgan fingerprint density at radius 1 is 1.35 bits per heavy atom. The molecule has 20 heavy (non-hydrogen) atoms. The molecular weight excluding hydrogens is 252 g/mol. The number of para-hydroxylation sites is 1. The van der Waals surface area contributed by atoms with E-state index in [2.05, 4.69) is 15.5 Å². The number of nitrogens with one attached hydrogen (secondary N) is 1. The molecular formula is C15H16N4O. The zero-order valence-electron chi connectivity index (χ0n) is 11.3. The summed E-state index contributed by atoms with van der Waals surface area (Å²) in [4.78, 5) is 13.7. The van der Waals surface area contributed by atoms with Crippen molar-refractivity contribution >= 4 is 11.7 Å². The van der Waals surface area contributed by atoms with Crippen molar-refractivity contribution in [2.75, 3.05) is 5.32 Å². The van der Waals surface area contributed by atoms with Gasteiger partial charge in [-0.25, -0.2) is 0 Å². The van der Waals surface area contributed by atoms with Gasteiger partial charge in [0, 0.05) is 0 Å². The standard InChI is InChI=1S/C15H16N4O/c1-15(9-5-6-10-15)14(20)17-13-11-16-19(18-13)12-7-3-2-4-8-12/h2-5,7-9,11H,6,10H2,1H3,(H,17,18,20). The van der Waals surface area contributed by atoms with Gasteiger partial charge in [0.1, 0.15) is 0 Å². The van der Waals surface area contributed by atoms with Crippen LogP contribution in [0.5, 0.6) is 0 Å². The summed E-state index contributed by atoms with van der Waals surface area (Å²) in [5.41, 5.74) is 0.427. The van der Waals surface area contributed by atoms with Crippen LogP contribution in [-0.4, -0.2) is 20.9 Å². The second kappa shape index (κ2) is 4.92. The summed E-state index contributed by atoms with van der Waals surface area (Å²) in [6.45, 7) is 1.94. The zero-order chi connectivity index (χ0) is 14.0. The van der Waals surface area contributed by atoms with E-state index in [4.69, 9.17) is 0 Å². The monoisotopic (exact) mass is 268 g/mol. The van der Waals surface area contributed by atoms with E-state index in [-0.39, 0.29) is 5.91 Å². The maximum Gasteiger partial charge on any atom is 0.235 e. The molecule has 3 rings (SSSR count). The second-order valence-corrected chi connectivity index (χ2v) is 5.17. The van der Waals surface area contributed by atoms with Crippen LogP contribution in [-0.2, 0) is 4.79 Å². The molecule has 0 spiro atoms. The van der Waals surface area contributed by atoms with E-state index >= 15 is 0 Å². The van der Waals surface area contributed by atoms with Crippen molar-refractivity contribution in [1.82, 2.24) is 15.0 Å². The molecule has 1 aromatic carbocycles. The molecule has 1 aromatic heterocycles. The highest BCUT2D eigenvalue weighted by atomic mass is 16.2. The first-order valence-corrected chi connectivity index (χ1v) is 6.64. The Labute approximate surface area is 117 Å². The molecule has 1 amide bonds. The molecule has 1 unspecified atom stereocenters. The van der Waals surface area contributed by atoms with Gasteiger partial charge in [-0.15, -0.1) is 9.90 Å². The minimum atomic E-state index is -0.434. The molecule has 1 N–H and O–H groups in total. The van der Waals surface area contributed by atoms with Crippen LogP contribution in [0.2, 0.25) is 0 Å². The van der Waals surface area contributed by atoms with E-state index < -0.39 is 5.41 Å². The number of hydrogen-bond donors (Lipinski definition) is 1. The normalized spacial score (nSPS) is 21.1. The van der Waals surface area contributed by atoms with Crippen molar-refractivity contribution in [3.63, 3.8) is 0 Å². The summed E-state index contributed by atoms with van der Waals surface area (Å²) in [7, 11) is 0. The van der Waals surface area contributed by atoms with Gasteiger partial charge in [-0.2, -0.15) is 5.10 Å². The Kier molecular flexibility index (Phi) is 3.10. The van der Waals surface area contributed by atoms with Gasteiger partial charge in [-0.1, -0.05) is 30.4 Å². The summed E-state index contributed by atoms with van der Waals surface area (Å²) in [6, 6.07) is 9.59. The fourth-order valence-electron chi connectivity index (χ4n) is 2.26. The maximum absolute atomic E-state index is 12.2. The highest BCUT2D eigenvalue weighted by Gasteiger charge is 2.32. The number of anilines is 1. The highest BCUT2D eigenvalue weighted by molar-refractivity contribution is 5.95. The lowest BCUT2D eigenvalue weighted by Gasteiger charge is -2.19. The third-order valence-corrected chi connectivity index (χ3v) is 3.56. The van der Waals surface area contributed by atoms with E-state index in [1.165, 1.54) is 4.80 Å². The van der Waals surface area contributed by atoms with Gasteiger partial charge >= 0.3 is 0 Å². The molecule has 1 heterocycles. The molecule has 0 saturated carbocycles.